The normalized spacial score (nSPS) is 15.6. The molecule has 6 heteroatoms. The molecule has 1 aliphatic rings. The molecule has 0 saturated carbocycles. The van der Waals surface area contributed by atoms with Crippen LogP contribution in [-0.2, 0) is 0 Å². The minimum absolute atomic E-state index is 0.0696. The van der Waals surface area contributed by atoms with E-state index in [2.05, 4.69) is 10.2 Å². The lowest BCUT2D eigenvalue weighted by molar-refractivity contribution is 0.340. The molecule has 0 saturated heterocycles. The lowest BCUT2D eigenvalue weighted by Crippen LogP contribution is -2.40. The first kappa shape index (κ1) is 20.2. The van der Waals surface area contributed by atoms with Crippen LogP contribution in [0.15, 0.2) is 99.9 Å². The number of rotatable bonds is 5. The quantitative estimate of drug-likeness (QED) is 0.475. The maximum atomic E-state index is 13.6. The van der Waals surface area contributed by atoms with Gasteiger partial charge in [0.1, 0.15) is 11.8 Å². The summed E-state index contributed by atoms with van der Waals surface area (Å²) in [6, 6.07) is 27.3. The van der Waals surface area contributed by atoms with Gasteiger partial charge in [-0.15, -0.1) is 10.2 Å². The van der Waals surface area contributed by atoms with Gasteiger partial charge in [-0.25, -0.2) is 0 Å². The van der Waals surface area contributed by atoms with Gasteiger partial charge < -0.3 is 4.74 Å². The zero-order valence-electron chi connectivity index (χ0n) is 17.5. The molecule has 1 aliphatic heterocycles. The second kappa shape index (κ2) is 8.77. The fourth-order valence-corrected chi connectivity index (χ4v) is 4.75. The number of hydrogen-bond acceptors (Lipinski definition) is 5. The van der Waals surface area contributed by atoms with Crippen LogP contribution >= 0.6 is 11.3 Å². The van der Waals surface area contributed by atoms with Crippen molar-refractivity contribution >= 4 is 23.1 Å². The van der Waals surface area contributed by atoms with Crippen LogP contribution in [0.4, 0.5) is 0 Å². The Bertz CT molecular complexity index is 1440. The Morgan fingerprint density at radius 1 is 0.938 bits per heavy atom. The highest BCUT2D eigenvalue weighted by atomic mass is 32.1. The van der Waals surface area contributed by atoms with Gasteiger partial charge in [0.15, 0.2) is 0 Å². The first-order valence-corrected chi connectivity index (χ1v) is 11.3. The highest BCUT2D eigenvalue weighted by Crippen LogP contribution is 2.24. The van der Waals surface area contributed by atoms with E-state index in [1.165, 1.54) is 11.3 Å². The molecular formula is C26H21N3O2S. The van der Waals surface area contributed by atoms with Gasteiger partial charge in [0.2, 0.25) is 4.80 Å². The number of nitrogens with zero attached hydrogens (tertiary/aromatic N) is 3. The summed E-state index contributed by atoms with van der Waals surface area (Å²) in [5.74, 6) is 0.812. The molecule has 0 amide bonds. The molecule has 0 spiro atoms. The molecule has 0 N–H and O–H groups in total. The Balaban J connectivity index is 1.64. The Labute approximate surface area is 189 Å². The highest BCUT2D eigenvalue weighted by molar-refractivity contribution is 7.07. The third-order valence-electron chi connectivity index (χ3n) is 5.27. The smallest absolute Gasteiger partial charge is 0.271 e. The summed E-state index contributed by atoms with van der Waals surface area (Å²) >= 11 is 1.36. The Morgan fingerprint density at radius 2 is 1.62 bits per heavy atom. The molecule has 4 aromatic rings. The molecule has 0 bridgehead atoms. The van der Waals surface area contributed by atoms with Crippen LogP contribution in [0.3, 0.4) is 0 Å². The number of benzene rings is 3. The van der Waals surface area contributed by atoms with E-state index in [-0.39, 0.29) is 11.6 Å². The van der Waals surface area contributed by atoms with Gasteiger partial charge in [-0.3, -0.25) is 9.36 Å². The van der Waals surface area contributed by atoms with Crippen molar-refractivity contribution in [3.8, 4) is 5.75 Å². The summed E-state index contributed by atoms with van der Waals surface area (Å²) in [5, 5.41) is 8.97. The zero-order valence-corrected chi connectivity index (χ0v) is 18.3. The summed E-state index contributed by atoms with van der Waals surface area (Å²) in [4.78, 5) is 14.1. The topological polar surface area (TPSA) is 56.0 Å². The van der Waals surface area contributed by atoms with Crippen LogP contribution in [-0.4, -0.2) is 16.9 Å². The van der Waals surface area contributed by atoms with Crippen LogP contribution in [0.1, 0.15) is 29.7 Å². The molecule has 32 heavy (non-hydrogen) atoms. The average molecular weight is 440 g/mol. The Kier molecular flexibility index (Phi) is 5.52. The average Bonchev–Trinajstić information content (AvgIpc) is 3.16. The maximum absolute atomic E-state index is 13.6. The molecule has 158 valence electrons. The van der Waals surface area contributed by atoms with E-state index in [9.17, 15) is 4.79 Å². The SMILES string of the molecule is CCOc1ccc(/C=c2/sc3n(c2=O)[C@H](c2ccccc2)C(c2ccccc2)=NN=3)cc1. The fraction of sp³-hybridized carbons (Fsp3) is 0.115. The predicted octanol–water partition coefficient (Wildman–Crippen LogP) is 3.76. The molecule has 0 unspecified atom stereocenters. The molecular weight excluding hydrogens is 418 g/mol. The van der Waals surface area contributed by atoms with Crippen molar-refractivity contribution in [3.63, 3.8) is 0 Å². The van der Waals surface area contributed by atoms with E-state index in [1.807, 2.05) is 97.9 Å². The molecule has 5 nitrogen and oxygen atoms in total. The van der Waals surface area contributed by atoms with E-state index in [4.69, 9.17) is 4.74 Å². The molecule has 2 heterocycles. The molecule has 5 rings (SSSR count). The van der Waals surface area contributed by atoms with Gasteiger partial charge in [0.05, 0.1) is 16.9 Å². The third-order valence-corrected chi connectivity index (χ3v) is 6.24. The van der Waals surface area contributed by atoms with Crippen molar-refractivity contribution in [1.29, 1.82) is 0 Å². The van der Waals surface area contributed by atoms with Crippen LogP contribution in [0, 0.1) is 0 Å². The van der Waals surface area contributed by atoms with Gasteiger partial charge in [0.25, 0.3) is 5.56 Å². The van der Waals surface area contributed by atoms with Gasteiger partial charge >= 0.3 is 0 Å². The number of thiazole rings is 1. The van der Waals surface area contributed by atoms with Crippen LogP contribution < -0.4 is 19.6 Å². The third kappa shape index (κ3) is 3.81. The minimum Gasteiger partial charge on any atom is -0.494 e. The maximum Gasteiger partial charge on any atom is 0.271 e. The van der Waals surface area contributed by atoms with Crippen molar-refractivity contribution in [2.45, 2.75) is 13.0 Å². The van der Waals surface area contributed by atoms with Crippen LogP contribution in [0.5, 0.6) is 5.75 Å². The minimum atomic E-state index is -0.336. The fourth-order valence-electron chi connectivity index (χ4n) is 3.80. The van der Waals surface area contributed by atoms with Gasteiger partial charge in [-0.1, -0.05) is 84.1 Å². The van der Waals surface area contributed by atoms with Gasteiger partial charge in [-0.2, -0.15) is 0 Å². The van der Waals surface area contributed by atoms with E-state index >= 15 is 0 Å². The van der Waals surface area contributed by atoms with Crippen molar-refractivity contribution in [1.82, 2.24) is 4.57 Å². The van der Waals surface area contributed by atoms with E-state index in [0.717, 1.165) is 28.2 Å². The Hall–Kier alpha value is -3.77. The highest BCUT2D eigenvalue weighted by Gasteiger charge is 2.28. The summed E-state index contributed by atoms with van der Waals surface area (Å²) in [7, 11) is 0. The monoisotopic (exact) mass is 439 g/mol. The van der Waals surface area contributed by atoms with Crippen LogP contribution in [0.2, 0.25) is 0 Å². The molecule has 1 aromatic heterocycles. The van der Waals surface area contributed by atoms with E-state index in [1.54, 1.807) is 4.57 Å². The molecule has 0 radical (unpaired) electrons. The largest absolute Gasteiger partial charge is 0.494 e. The first-order valence-electron chi connectivity index (χ1n) is 10.5. The lowest BCUT2D eigenvalue weighted by Gasteiger charge is -2.22. The Morgan fingerprint density at radius 3 is 2.31 bits per heavy atom. The van der Waals surface area contributed by atoms with Crippen LogP contribution in [0.25, 0.3) is 6.08 Å². The van der Waals surface area contributed by atoms with Crippen molar-refractivity contribution < 1.29 is 4.74 Å². The number of hydrogen-bond donors (Lipinski definition) is 0. The van der Waals surface area contributed by atoms with Crippen molar-refractivity contribution in [3.05, 3.63) is 121 Å². The number of aromatic nitrogens is 1. The summed E-state index contributed by atoms with van der Waals surface area (Å²) in [6.45, 7) is 2.57. The van der Waals surface area contributed by atoms with Gasteiger partial charge in [-0.05, 0) is 36.3 Å². The lowest BCUT2D eigenvalue weighted by atomic mass is 9.96. The standard InChI is InChI=1S/C26H21N3O2S/c1-2-31-21-15-13-18(14-16-21)17-22-25(30)29-24(20-11-7-4-8-12-20)23(27-28-26(29)32-22)19-9-5-3-6-10-19/h3-17,24H,2H2,1H3/b22-17+/t24-/m1/s1. The molecule has 0 fully saturated rings. The molecule has 1 atom stereocenters. The van der Waals surface area contributed by atoms with Gasteiger partial charge in [0, 0.05) is 5.56 Å². The predicted molar refractivity (Wildman–Crippen MR) is 128 cm³/mol. The number of fused-ring (bicyclic) bond motifs is 1. The molecule has 3 aromatic carbocycles. The zero-order chi connectivity index (χ0) is 21.9. The van der Waals surface area contributed by atoms with Crippen molar-refractivity contribution in [2.24, 2.45) is 10.2 Å². The number of ether oxygens (including phenoxy) is 1. The van der Waals surface area contributed by atoms with E-state index in [0.29, 0.717) is 15.9 Å². The summed E-state index contributed by atoms with van der Waals surface area (Å²) in [5.41, 5.74) is 3.58. The first-order chi connectivity index (χ1) is 15.7. The summed E-state index contributed by atoms with van der Waals surface area (Å²) in [6.07, 6.45) is 1.90. The van der Waals surface area contributed by atoms with Crippen molar-refractivity contribution in [2.75, 3.05) is 6.61 Å². The second-order valence-electron chi connectivity index (χ2n) is 7.33. The summed E-state index contributed by atoms with van der Waals surface area (Å²) < 4.78 is 7.89. The van der Waals surface area contributed by atoms with E-state index < -0.39 is 0 Å². The second-order valence-corrected chi connectivity index (χ2v) is 8.34. The molecule has 0 aliphatic carbocycles.